The van der Waals surface area contributed by atoms with Crippen molar-refractivity contribution < 1.29 is 8.42 Å². The number of rotatable bonds is 7. The molecule has 1 saturated carbocycles. The van der Waals surface area contributed by atoms with Gasteiger partial charge in [-0.25, -0.2) is 12.7 Å². The van der Waals surface area contributed by atoms with Crippen molar-refractivity contribution in [3.05, 3.63) is 0 Å². The lowest BCUT2D eigenvalue weighted by molar-refractivity contribution is 0.422. The van der Waals surface area contributed by atoms with Gasteiger partial charge in [0.2, 0.25) is 10.0 Å². The Bertz CT molecular complexity index is 355. The second-order valence-corrected chi connectivity index (χ2v) is 8.93. The van der Waals surface area contributed by atoms with E-state index in [1.807, 2.05) is 11.8 Å². The van der Waals surface area contributed by atoms with Gasteiger partial charge in [0.25, 0.3) is 0 Å². The van der Waals surface area contributed by atoms with E-state index in [2.05, 4.69) is 12.2 Å². The zero-order chi connectivity index (χ0) is 13.0. The Kier molecular flexibility index (Phi) is 5.35. The molecule has 0 bridgehead atoms. The normalized spacial score (nSPS) is 26.4. The molecule has 2 fully saturated rings. The van der Waals surface area contributed by atoms with Gasteiger partial charge >= 0.3 is 0 Å². The molecule has 1 heterocycles. The van der Waals surface area contributed by atoms with Crippen LogP contribution in [-0.2, 0) is 10.0 Å². The lowest BCUT2D eigenvalue weighted by Gasteiger charge is -2.29. The summed E-state index contributed by atoms with van der Waals surface area (Å²) in [5.41, 5.74) is 0. The second-order valence-electron chi connectivity index (χ2n) is 5.29. The fourth-order valence-electron chi connectivity index (χ4n) is 2.17. The summed E-state index contributed by atoms with van der Waals surface area (Å²) in [6, 6.07) is 0.724. The summed E-state index contributed by atoms with van der Waals surface area (Å²) in [5, 5.41) is 3.85. The minimum atomic E-state index is -3.01. The van der Waals surface area contributed by atoms with Gasteiger partial charge in [0, 0.05) is 30.1 Å². The molecule has 106 valence electrons. The first-order valence-electron chi connectivity index (χ1n) is 6.91. The van der Waals surface area contributed by atoms with Gasteiger partial charge in [0.15, 0.2) is 0 Å². The zero-order valence-corrected chi connectivity index (χ0v) is 12.7. The molecule has 2 aliphatic rings. The Morgan fingerprint density at radius 2 is 2.11 bits per heavy atom. The van der Waals surface area contributed by atoms with Gasteiger partial charge in [-0.05, 0) is 32.2 Å². The predicted molar refractivity (Wildman–Crippen MR) is 77.5 cm³/mol. The number of nitrogens with one attached hydrogen (secondary N) is 1. The molecule has 0 amide bonds. The van der Waals surface area contributed by atoms with Crippen LogP contribution < -0.4 is 5.32 Å². The summed E-state index contributed by atoms with van der Waals surface area (Å²) in [5.74, 6) is 1.25. The molecule has 1 N–H and O–H groups in total. The molecule has 0 radical (unpaired) electrons. The molecule has 1 unspecified atom stereocenters. The molecule has 1 aliphatic carbocycles. The highest BCUT2D eigenvalue weighted by Crippen LogP contribution is 2.21. The lowest BCUT2D eigenvalue weighted by Crippen LogP contribution is -2.42. The van der Waals surface area contributed by atoms with Gasteiger partial charge in [-0.3, -0.25) is 0 Å². The summed E-state index contributed by atoms with van der Waals surface area (Å²) in [6.07, 6.45) is 4.33. The summed E-state index contributed by atoms with van der Waals surface area (Å²) < 4.78 is 26.0. The molecule has 6 heteroatoms. The average Bonchev–Trinajstić information content (AvgIpc) is 3.12. The predicted octanol–water partition coefficient (Wildman–Crippen LogP) is 1.29. The molecule has 0 aromatic rings. The van der Waals surface area contributed by atoms with Crippen molar-refractivity contribution in [3.63, 3.8) is 0 Å². The summed E-state index contributed by atoms with van der Waals surface area (Å²) in [4.78, 5) is 0. The van der Waals surface area contributed by atoms with Crippen LogP contribution in [0.1, 0.15) is 32.6 Å². The Labute approximate surface area is 115 Å². The third kappa shape index (κ3) is 4.72. The highest BCUT2D eigenvalue weighted by atomic mass is 32.2. The van der Waals surface area contributed by atoms with Crippen molar-refractivity contribution in [2.75, 3.05) is 31.1 Å². The van der Waals surface area contributed by atoms with Crippen LogP contribution >= 0.6 is 11.8 Å². The van der Waals surface area contributed by atoms with Gasteiger partial charge in [-0.15, -0.1) is 0 Å². The molecule has 1 atom stereocenters. The van der Waals surface area contributed by atoms with Crippen molar-refractivity contribution in [1.29, 1.82) is 0 Å². The van der Waals surface area contributed by atoms with Crippen LogP contribution in [0.15, 0.2) is 0 Å². The zero-order valence-electron chi connectivity index (χ0n) is 11.1. The second kappa shape index (κ2) is 6.59. The maximum atomic E-state index is 12.1. The Morgan fingerprint density at radius 3 is 2.78 bits per heavy atom. The number of sulfonamides is 1. The van der Waals surface area contributed by atoms with Gasteiger partial charge in [0.05, 0.1) is 5.75 Å². The van der Waals surface area contributed by atoms with Crippen molar-refractivity contribution in [2.45, 2.75) is 43.9 Å². The molecular formula is C12H24N2O2S2. The smallest absolute Gasteiger partial charge is 0.214 e. The van der Waals surface area contributed by atoms with Gasteiger partial charge in [0.1, 0.15) is 0 Å². The average molecular weight is 292 g/mol. The van der Waals surface area contributed by atoms with Gasteiger partial charge in [-0.2, -0.15) is 11.8 Å². The highest BCUT2D eigenvalue weighted by molar-refractivity contribution is 8.00. The standard InChI is InChI=1S/C12H24N2O2S2/c1-11-10-14(7-8-17-11)18(15,16)9-3-2-6-13-12-4-5-12/h11-13H,2-10H2,1H3. The van der Waals surface area contributed by atoms with Crippen molar-refractivity contribution >= 4 is 21.8 Å². The molecule has 0 aromatic heterocycles. The topological polar surface area (TPSA) is 49.4 Å². The molecule has 0 spiro atoms. The molecule has 1 saturated heterocycles. The van der Waals surface area contributed by atoms with E-state index in [0.29, 0.717) is 24.1 Å². The Hall–Kier alpha value is 0.220. The minimum absolute atomic E-state index is 0.316. The van der Waals surface area contributed by atoms with Crippen molar-refractivity contribution in [1.82, 2.24) is 9.62 Å². The molecule has 2 rings (SSSR count). The van der Waals surface area contributed by atoms with Gasteiger partial charge < -0.3 is 5.32 Å². The Morgan fingerprint density at radius 1 is 1.33 bits per heavy atom. The number of hydrogen-bond donors (Lipinski definition) is 1. The van der Waals surface area contributed by atoms with E-state index < -0.39 is 10.0 Å². The summed E-state index contributed by atoms with van der Waals surface area (Å²) in [7, 11) is -3.01. The number of thioether (sulfide) groups is 1. The molecule has 18 heavy (non-hydrogen) atoms. The molecule has 0 aromatic carbocycles. The number of nitrogens with zero attached hydrogens (tertiary/aromatic N) is 1. The van der Waals surface area contributed by atoms with E-state index in [-0.39, 0.29) is 0 Å². The number of hydrogen-bond acceptors (Lipinski definition) is 4. The SMILES string of the molecule is CC1CN(S(=O)(=O)CCCCNC2CC2)CCS1. The fraction of sp³-hybridized carbons (Fsp3) is 1.00. The third-order valence-electron chi connectivity index (χ3n) is 3.44. The van der Waals surface area contributed by atoms with Crippen LogP contribution in [0, 0.1) is 0 Å². The monoisotopic (exact) mass is 292 g/mol. The Balaban J connectivity index is 1.65. The van der Waals surface area contributed by atoms with E-state index in [1.165, 1.54) is 12.8 Å². The van der Waals surface area contributed by atoms with E-state index in [4.69, 9.17) is 0 Å². The first-order chi connectivity index (χ1) is 8.58. The van der Waals surface area contributed by atoms with Crippen LogP contribution in [0.3, 0.4) is 0 Å². The maximum absolute atomic E-state index is 12.1. The number of unbranched alkanes of at least 4 members (excludes halogenated alkanes) is 1. The molecule has 1 aliphatic heterocycles. The van der Waals surface area contributed by atoms with E-state index >= 15 is 0 Å². The summed E-state index contributed by atoms with van der Waals surface area (Å²) >= 11 is 1.86. The van der Waals surface area contributed by atoms with Crippen LogP contribution in [0.4, 0.5) is 0 Å². The van der Waals surface area contributed by atoms with Crippen LogP contribution in [0.25, 0.3) is 0 Å². The molecule has 4 nitrogen and oxygen atoms in total. The van der Waals surface area contributed by atoms with E-state index in [9.17, 15) is 8.42 Å². The third-order valence-corrected chi connectivity index (χ3v) is 6.50. The van der Waals surface area contributed by atoms with E-state index in [1.54, 1.807) is 4.31 Å². The van der Waals surface area contributed by atoms with Crippen molar-refractivity contribution in [3.8, 4) is 0 Å². The first kappa shape index (κ1) is 14.6. The first-order valence-corrected chi connectivity index (χ1v) is 9.56. The van der Waals surface area contributed by atoms with Crippen molar-refractivity contribution in [2.24, 2.45) is 0 Å². The molecular weight excluding hydrogens is 268 g/mol. The quantitative estimate of drug-likeness (QED) is 0.718. The summed E-state index contributed by atoms with van der Waals surface area (Å²) in [6.45, 7) is 4.45. The highest BCUT2D eigenvalue weighted by Gasteiger charge is 2.26. The lowest BCUT2D eigenvalue weighted by atomic mass is 10.3. The van der Waals surface area contributed by atoms with E-state index in [0.717, 1.165) is 31.2 Å². The van der Waals surface area contributed by atoms with Crippen LogP contribution in [0.5, 0.6) is 0 Å². The maximum Gasteiger partial charge on any atom is 0.214 e. The van der Waals surface area contributed by atoms with Gasteiger partial charge in [-0.1, -0.05) is 6.92 Å². The fourth-order valence-corrected chi connectivity index (χ4v) is 5.04. The largest absolute Gasteiger partial charge is 0.314 e. The minimum Gasteiger partial charge on any atom is -0.314 e. The van der Waals surface area contributed by atoms with Crippen LogP contribution in [-0.4, -0.2) is 55.2 Å². The van der Waals surface area contributed by atoms with Crippen LogP contribution in [0.2, 0.25) is 0 Å².